The van der Waals surface area contributed by atoms with Crippen LogP contribution in [-0.2, 0) is 11.2 Å². The van der Waals surface area contributed by atoms with Crippen molar-refractivity contribution >= 4 is 17.7 Å². The third-order valence-corrected chi connectivity index (χ3v) is 4.24. The van der Waals surface area contributed by atoms with Crippen molar-refractivity contribution in [2.24, 2.45) is 0 Å². The first-order valence-corrected chi connectivity index (χ1v) is 8.84. The molecule has 0 aliphatic carbocycles. The van der Waals surface area contributed by atoms with Gasteiger partial charge in [0.05, 0.1) is 6.61 Å². The van der Waals surface area contributed by atoms with Gasteiger partial charge in [-0.25, -0.2) is 0 Å². The van der Waals surface area contributed by atoms with Crippen molar-refractivity contribution in [3.8, 4) is 5.75 Å². The van der Waals surface area contributed by atoms with Crippen LogP contribution in [0.25, 0.3) is 0 Å². The molecule has 0 unspecified atom stereocenters. The molecule has 7 heteroatoms. The lowest BCUT2D eigenvalue weighted by atomic mass is 9.98. The fourth-order valence-corrected chi connectivity index (χ4v) is 2.82. The molecule has 0 atom stereocenters. The highest BCUT2D eigenvalue weighted by atomic mass is 32.2. The molecule has 0 radical (unpaired) electrons. The molecule has 1 aromatic heterocycles. The van der Waals surface area contributed by atoms with Crippen molar-refractivity contribution in [3.05, 3.63) is 35.2 Å². The van der Waals surface area contributed by atoms with Crippen molar-refractivity contribution in [1.29, 1.82) is 0 Å². The number of thioether (sulfide) groups is 1. The van der Waals surface area contributed by atoms with Crippen LogP contribution in [0.1, 0.15) is 43.2 Å². The highest BCUT2D eigenvalue weighted by Gasteiger charge is 2.09. The lowest BCUT2D eigenvalue weighted by Crippen LogP contribution is -2.01. The van der Waals surface area contributed by atoms with E-state index < -0.39 is 5.97 Å². The van der Waals surface area contributed by atoms with E-state index in [-0.39, 0.29) is 11.0 Å². The second-order valence-corrected chi connectivity index (χ2v) is 6.70. The van der Waals surface area contributed by atoms with E-state index in [4.69, 9.17) is 14.3 Å². The van der Waals surface area contributed by atoms with Crippen LogP contribution in [0.15, 0.2) is 27.8 Å². The van der Waals surface area contributed by atoms with Crippen molar-refractivity contribution in [2.45, 2.75) is 44.8 Å². The number of benzene rings is 1. The number of aromatic nitrogens is 2. The second-order valence-electron chi connectivity index (χ2n) is 5.77. The number of aliphatic carboxylic acids is 1. The van der Waals surface area contributed by atoms with E-state index in [1.165, 1.54) is 11.1 Å². The van der Waals surface area contributed by atoms with Crippen LogP contribution in [0.2, 0.25) is 0 Å². The highest BCUT2D eigenvalue weighted by molar-refractivity contribution is 7.99. The predicted octanol–water partition coefficient (Wildman–Crippen LogP) is 3.69. The minimum Gasteiger partial charge on any atom is -0.494 e. The minimum absolute atomic E-state index is 0.0868. The average Bonchev–Trinajstić information content (AvgIpc) is 2.97. The third kappa shape index (κ3) is 5.56. The number of carboxylic acids is 1. The fraction of sp³-hybridized carbons (Fsp3) is 0.471. The highest BCUT2D eigenvalue weighted by Crippen LogP contribution is 2.23. The first-order chi connectivity index (χ1) is 11.5. The molecule has 2 aromatic rings. The molecular weight excluding hydrogens is 328 g/mol. The molecule has 0 amide bonds. The summed E-state index contributed by atoms with van der Waals surface area (Å²) >= 11 is 1.02. The molecule has 6 nitrogen and oxygen atoms in total. The Kier molecular flexibility index (Phi) is 6.66. The molecule has 0 spiro atoms. The summed E-state index contributed by atoms with van der Waals surface area (Å²) in [6, 6.07) is 6.16. The first kappa shape index (κ1) is 18.3. The Morgan fingerprint density at radius 1 is 1.38 bits per heavy atom. The van der Waals surface area contributed by atoms with Crippen LogP contribution in [0, 0.1) is 6.92 Å². The molecule has 0 bridgehead atoms. The Hall–Kier alpha value is -2.02. The van der Waals surface area contributed by atoms with Gasteiger partial charge < -0.3 is 14.3 Å². The van der Waals surface area contributed by atoms with Crippen LogP contribution in [0.4, 0.5) is 0 Å². The van der Waals surface area contributed by atoms with Gasteiger partial charge in [0.25, 0.3) is 5.22 Å². The zero-order valence-electron chi connectivity index (χ0n) is 14.1. The van der Waals surface area contributed by atoms with E-state index in [0.29, 0.717) is 24.8 Å². The Morgan fingerprint density at radius 2 is 2.17 bits per heavy atom. The van der Waals surface area contributed by atoms with Gasteiger partial charge in [0.15, 0.2) is 0 Å². The summed E-state index contributed by atoms with van der Waals surface area (Å²) in [5.74, 6) is 0.867. The van der Waals surface area contributed by atoms with Gasteiger partial charge in [-0.2, -0.15) is 0 Å². The van der Waals surface area contributed by atoms with Crippen LogP contribution in [-0.4, -0.2) is 33.6 Å². The zero-order chi connectivity index (χ0) is 17.5. The number of hydrogen-bond acceptors (Lipinski definition) is 6. The molecule has 24 heavy (non-hydrogen) atoms. The minimum atomic E-state index is -0.910. The molecule has 0 saturated carbocycles. The van der Waals surface area contributed by atoms with E-state index in [2.05, 4.69) is 43.1 Å². The maximum Gasteiger partial charge on any atom is 0.314 e. The molecule has 130 valence electrons. The number of carboxylic acid groups (broad SMARTS) is 1. The first-order valence-electron chi connectivity index (χ1n) is 7.86. The van der Waals surface area contributed by atoms with Crippen LogP contribution < -0.4 is 4.74 Å². The molecule has 2 rings (SSSR count). The molecule has 0 fully saturated rings. The second kappa shape index (κ2) is 8.73. The van der Waals surface area contributed by atoms with Crippen molar-refractivity contribution in [1.82, 2.24) is 10.2 Å². The van der Waals surface area contributed by atoms with Crippen LogP contribution >= 0.6 is 11.8 Å². The van der Waals surface area contributed by atoms with Gasteiger partial charge in [-0.05, 0) is 42.5 Å². The van der Waals surface area contributed by atoms with E-state index in [9.17, 15) is 4.79 Å². The quantitative estimate of drug-likeness (QED) is 0.545. The number of ether oxygens (including phenoxy) is 1. The summed E-state index contributed by atoms with van der Waals surface area (Å²) in [6.45, 7) is 7.00. The largest absolute Gasteiger partial charge is 0.494 e. The Balaban J connectivity index is 1.75. The number of rotatable bonds is 9. The molecular formula is C17H22N2O4S. The van der Waals surface area contributed by atoms with Gasteiger partial charge in [0, 0.05) is 6.42 Å². The average molecular weight is 350 g/mol. The van der Waals surface area contributed by atoms with Crippen molar-refractivity contribution < 1.29 is 19.1 Å². The Labute approximate surface area is 145 Å². The molecule has 0 saturated heterocycles. The van der Waals surface area contributed by atoms with Gasteiger partial charge in [-0.3, -0.25) is 4.79 Å². The standard InChI is InChI=1S/C17H22N2O4S/c1-11(2)14-7-6-13(9-12(14)3)22-8-4-5-15-18-19-17(23-15)24-10-16(20)21/h6-7,9,11H,4-5,8,10H2,1-3H3,(H,20,21). The monoisotopic (exact) mass is 350 g/mol. The summed E-state index contributed by atoms with van der Waals surface area (Å²) in [6.07, 6.45) is 1.35. The van der Waals surface area contributed by atoms with Crippen LogP contribution in [0.3, 0.4) is 0 Å². The number of carbonyl (C=O) groups is 1. The molecule has 0 aliphatic heterocycles. The van der Waals surface area contributed by atoms with Crippen LogP contribution in [0.5, 0.6) is 5.75 Å². The SMILES string of the molecule is Cc1cc(OCCCc2nnc(SCC(=O)O)o2)ccc1C(C)C. The van der Waals surface area contributed by atoms with E-state index in [1.807, 2.05) is 6.07 Å². The Morgan fingerprint density at radius 3 is 2.83 bits per heavy atom. The van der Waals surface area contributed by atoms with Gasteiger partial charge in [-0.1, -0.05) is 31.7 Å². The predicted molar refractivity (Wildman–Crippen MR) is 91.7 cm³/mol. The normalized spacial score (nSPS) is 11.0. The van der Waals surface area contributed by atoms with Gasteiger partial charge in [0.2, 0.25) is 5.89 Å². The number of nitrogens with zero attached hydrogens (tertiary/aromatic N) is 2. The molecule has 1 N–H and O–H groups in total. The van der Waals surface area contributed by atoms with E-state index in [0.717, 1.165) is 23.9 Å². The van der Waals surface area contributed by atoms with Gasteiger partial charge in [-0.15, -0.1) is 10.2 Å². The van der Waals surface area contributed by atoms with E-state index in [1.54, 1.807) is 0 Å². The van der Waals surface area contributed by atoms with Crippen molar-refractivity contribution in [3.63, 3.8) is 0 Å². The zero-order valence-corrected chi connectivity index (χ0v) is 14.9. The summed E-state index contributed by atoms with van der Waals surface area (Å²) in [5, 5.41) is 16.6. The summed E-state index contributed by atoms with van der Waals surface area (Å²) < 4.78 is 11.1. The Bertz CT molecular complexity index is 685. The maximum absolute atomic E-state index is 10.5. The molecule has 1 aromatic carbocycles. The van der Waals surface area contributed by atoms with Gasteiger partial charge in [0.1, 0.15) is 11.5 Å². The summed E-state index contributed by atoms with van der Waals surface area (Å²) in [5.41, 5.74) is 2.57. The number of aryl methyl sites for hydroxylation is 2. The molecule has 1 heterocycles. The van der Waals surface area contributed by atoms with E-state index >= 15 is 0 Å². The summed E-state index contributed by atoms with van der Waals surface area (Å²) in [7, 11) is 0. The van der Waals surface area contributed by atoms with Crippen molar-refractivity contribution in [2.75, 3.05) is 12.4 Å². The fourth-order valence-electron chi connectivity index (χ4n) is 2.32. The van der Waals surface area contributed by atoms with Gasteiger partial charge >= 0.3 is 5.97 Å². The lowest BCUT2D eigenvalue weighted by molar-refractivity contribution is -0.133. The molecule has 0 aliphatic rings. The third-order valence-electron chi connectivity index (χ3n) is 3.43. The summed E-state index contributed by atoms with van der Waals surface area (Å²) in [4.78, 5) is 10.5. The number of hydrogen-bond donors (Lipinski definition) is 1. The topological polar surface area (TPSA) is 85.5 Å². The smallest absolute Gasteiger partial charge is 0.314 e. The lowest BCUT2D eigenvalue weighted by Gasteiger charge is -2.12. The maximum atomic E-state index is 10.5.